The van der Waals surface area contributed by atoms with Gasteiger partial charge in [-0.05, 0) is 0 Å². The van der Waals surface area contributed by atoms with Crippen molar-refractivity contribution in [1.82, 2.24) is 5.32 Å². The van der Waals surface area contributed by atoms with Crippen LogP contribution in [0.25, 0.3) is 0 Å². The van der Waals surface area contributed by atoms with Gasteiger partial charge in [0.05, 0.1) is 13.4 Å². The number of hydrogen-bond acceptors (Lipinski definition) is 2. The molecule has 0 unspecified atom stereocenters. The van der Waals surface area contributed by atoms with Crippen LogP contribution in [0.2, 0.25) is 0 Å². The second-order valence-electron chi connectivity index (χ2n) is 0.827. The molecule has 0 saturated heterocycles. The van der Waals surface area contributed by atoms with Gasteiger partial charge in [0.15, 0.2) is 0 Å². The van der Waals surface area contributed by atoms with E-state index in [9.17, 15) is 0 Å². The minimum atomic E-state index is 1.57. The zero-order valence-corrected chi connectivity index (χ0v) is 4.06. The molecule has 0 spiro atoms. The Kier molecular flexibility index (Phi) is 3.86. The molecule has 0 aliphatic carbocycles. The van der Waals surface area contributed by atoms with Gasteiger partial charge in [0, 0.05) is 13.2 Å². The lowest BCUT2D eigenvalue weighted by atomic mass is 10.9. The van der Waals surface area contributed by atoms with Gasteiger partial charge in [-0.1, -0.05) is 0 Å². The molecule has 0 bridgehead atoms. The van der Waals surface area contributed by atoms with Crippen LogP contribution in [0.3, 0.4) is 0 Å². The molecule has 0 aromatic carbocycles. The number of methoxy groups -OCH3 is 1. The summed E-state index contributed by atoms with van der Waals surface area (Å²) in [6.45, 7) is 0. The molecule has 0 aliphatic rings. The number of rotatable bonds is 2. The van der Waals surface area contributed by atoms with Crippen molar-refractivity contribution in [3.8, 4) is 0 Å². The van der Waals surface area contributed by atoms with E-state index in [0.29, 0.717) is 0 Å². The molecule has 0 heterocycles. The molecule has 0 fully saturated rings. The smallest absolute Gasteiger partial charge is 0.0981 e. The molecular weight excluding hydrogens is 78.0 g/mol. The average Bonchev–Trinajstić information content (AvgIpc) is 1.61. The molecule has 0 radical (unpaired) electrons. The van der Waals surface area contributed by atoms with Crippen LogP contribution in [0, 0.1) is 0 Å². The van der Waals surface area contributed by atoms with Crippen molar-refractivity contribution in [3.63, 3.8) is 0 Å². The van der Waals surface area contributed by atoms with E-state index in [-0.39, 0.29) is 0 Å². The monoisotopic (exact) mass is 87.1 g/mol. The standard InChI is InChI=1S/C4H9NO/c1-5-3-4-6-2/h3-5H,1-2H3. The third kappa shape index (κ3) is 3.34. The Morgan fingerprint density at radius 3 is 2.50 bits per heavy atom. The van der Waals surface area contributed by atoms with Gasteiger partial charge in [0.2, 0.25) is 0 Å². The van der Waals surface area contributed by atoms with E-state index in [0.717, 1.165) is 0 Å². The molecule has 1 N–H and O–H groups in total. The quantitative estimate of drug-likeness (QED) is 0.490. The van der Waals surface area contributed by atoms with Gasteiger partial charge in [-0.2, -0.15) is 0 Å². The van der Waals surface area contributed by atoms with Crippen molar-refractivity contribution in [2.24, 2.45) is 0 Å². The normalized spacial score (nSPS) is 9.00. The van der Waals surface area contributed by atoms with E-state index in [1.165, 1.54) is 0 Å². The van der Waals surface area contributed by atoms with Crippen LogP contribution >= 0.6 is 0 Å². The fourth-order valence-corrected chi connectivity index (χ4v) is 0.136. The maximum Gasteiger partial charge on any atom is 0.0981 e. The van der Waals surface area contributed by atoms with Gasteiger partial charge >= 0.3 is 0 Å². The van der Waals surface area contributed by atoms with Crippen molar-refractivity contribution in [3.05, 3.63) is 12.5 Å². The molecule has 0 amide bonds. The van der Waals surface area contributed by atoms with Crippen LogP contribution in [-0.4, -0.2) is 14.2 Å². The lowest BCUT2D eigenvalue weighted by Crippen LogP contribution is -1.90. The first kappa shape index (κ1) is 5.34. The molecule has 2 nitrogen and oxygen atoms in total. The van der Waals surface area contributed by atoms with Crippen LogP contribution in [0.15, 0.2) is 12.5 Å². The minimum Gasteiger partial charge on any atom is -0.503 e. The van der Waals surface area contributed by atoms with Crippen LogP contribution in [0.5, 0.6) is 0 Å². The molecule has 0 aromatic rings. The van der Waals surface area contributed by atoms with E-state index < -0.39 is 0 Å². The van der Waals surface area contributed by atoms with Crippen molar-refractivity contribution in [2.75, 3.05) is 14.2 Å². The minimum absolute atomic E-state index is 1.57. The van der Waals surface area contributed by atoms with E-state index in [2.05, 4.69) is 10.1 Å². The zero-order valence-electron chi connectivity index (χ0n) is 4.06. The Balaban J connectivity index is 2.73. The Hall–Kier alpha value is -0.660. The third-order valence-corrected chi connectivity index (χ3v) is 0.371. The van der Waals surface area contributed by atoms with Gasteiger partial charge in [-0.3, -0.25) is 0 Å². The lowest BCUT2D eigenvalue weighted by molar-refractivity contribution is 0.336. The summed E-state index contributed by atoms with van der Waals surface area (Å²) in [5, 5.41) is 2.76. The van der Waals surface area contributed by atoms with E-state index >= 15 is 0 Å². The molecule has 0 aliphatic heterocycles. The Bertz CT molecular complexity index is 36.8. The maximum absolute atomic E-state index is 4.54. The summed E-state index contributed by atoms with van der Waals surface area (Å²) < 4.78 is 4.54. The lowest BCUT2D eigenvalue weighted by Gasteiger charge is -1.83. The Labute approximate surface area is 37.8 Å². The Morgan fingerprint density at radius 2 is 2.33 bits per heavy atom. The molecule has 0 aromatic heterocycles. The molecular formula is C4H9NO. The maximum atomic E-state index is 4.54. The highest BCUT2D eigenvalue weighted by molar-refractivity contribution is 4.65. The molecule has 0 atom stereocenters. The number of ether oxygens (including phenoxy) is 1. The second-order valence-corrected chi connectivity index (χ2v) is 0.827. The summed E-state index contributed by atoms with van der Waals surface area (Å²) in [6.07, 6.45) is 3.28. The summed E-state index contributed by atoms with van der Waals surface area (Å²) in [6, 6.07) is 0. The summed E-state index contributed by atoms with van der Waals surface area (Å²) in [5.41, 5.74) is 0. The predicted octanol–water partition coefficient (Wildman–Crippen LogP) is 0.323. The predicted molar refractivity (Wildman–Crippen MR) is 25.2 cm³/mol. The first-order chi connectivity index (χ1) is 2.91. The average molecular weight is 87.1 g/mol. The second kappa shape index (κ2) is 4.34. The zero-order chi connectivity index (χ0) is 4.83. The van der Waals surface area contributed by atoms with Gasteiger partial charge in [0.1, 0.15) is 0 Å². The molecule has 6 heavy (non-hydrogen) atoms. The largest absolute Gasteiger partial charge is 0.503 e. The fourth-order valence-electron chi connectivity index (χ4n) is 0.136. The van der Waals surface area contributed by atoms with Crippen molar-refractivity contribution < 1.29 is 4.74 Å². The van der Waals surface area contributed by atoms with E-state index in [1.807, 2.05) is 7.05 Å². The third-order valence-electron chi connectivity index (χ3n) is 0.371. The van der Waals surface area contributed by atoms with Gasteiger partial charge < -0.3 is 10.1 Å². The fraction of sp³-hybridized carbons (Fsp3) is 0.500. The highest BCUT2D eigenvalue weighted by atomic mass is 16.5. The Morgan fingerprint density at radius 1 is 1.67 bits per heavy atom. The topological polar surface area (TPSA) is 21.3 Å². The molecule has 0 saturated carbocycles. The first-order valence-corrected chi connectivity index (χ1v) is 1.77. The van der Waals surface area contributed by atoms with Crippen LogP contribution in [0.1, 0.15) is 0 Å². The van der Waals surface area contributed by atoms with Crippen molar-refractivity contribution >= 4 is 0 Å². The van der Waals surface area contributed by atoms with Crippen LogP contribution in [0.4, 0.5) is 0 Å². The van der Waals surface area contributed by atoms with Gasteiger partial charge in [0.25, 0.3) is 0 Å². The summed E-state index contributed by atoms with van der Waals surface area (Å²) in [7, 11) is 3.42. The van der Waals surface area contributed by atoms with E-state index in [1.54, 1.807) is 19.6 Å². The van der Waals surface area contributed by atoms with Crippen molar-refractivity contribution in [1.29, 1.82) is 0 Å². The highest BCUT2D eigenvalue weighted by Gasteiger charge is 1.54. The first-order valence-electron chi connectivity index (χ1n) is 1.77. The summed E-state index contributed by atoms with van der Waals surface area (Å²) in [5.74, 6) is 0. The number of nitrogens with one attached hydrogen (secondary N) is 1. The summed E-state index contributed by atoms with van der Waals surface area (Å²) >= 11 is 0. The van der Waals surface area contributed by atoms with Gasteiger partial charge in [-0.15, -0.1) is 0 Å². The van der Waals surface area contributed by atoms with Crippen LogP contribution < -0.4 is 5.32 Å². The van der Waals surface area contributed by atoms with E-state index in [4.69, 9.17) is 0 Å². The highest BCUT2D eigenvalue weighted by Crippen LogP contribution is 1.61. The van der Waals surface area contributed by atoms with Crippen LogP contribution in [-0.2, 0) is 4.74 Å². The molecule has 36 valence electrons. The SMILES string of the molecule is CNC=COC. The molecule has 2 heteroatoms. The summed E-state index contributed by atoms with van der Waals surface area (Å²) in [4.78, 5) is 0. The molecule has 0 rings (SSSR count). The van der Waals surface area contributed by atoms with Gasteiger partial charge in [-0.25, -0.2) is 0 Å². The van der Waals surface area contributed by atoms with Crippen molar-refractivity contribution in [2.45, 2.75) is 0 Å². The number of hydrogen-bond donors (Lipinski definition) is 1.